The van der Waals surface area contributed by atoms with Crippen LogP contribution in [0.3, 0.4) is 0 Å². The zero-order valence-electron chi connectivity index (χ0n) is 13.8. The van der Waals surface area contributed by atoms with E-state index < -0.39 is 11.7 Å². The molecular weight excluding hydrogens is 365 g/mol. The minimum absolute atomic E-state index is 0.0153. The topological polar surface area (TPSA) is 79.2 Å². The molecule has 1 heterocycles. The first-order chi connectivity index (χ1) is 11.8. The minimum atomic E-state index is -0.798. The minimum Gasteiger partial charge on any atom is -0.447 e. The smallest absolute Gasteiger partial charge is 0.435 e. The molecule has 1 aromatic carbocycles. The molecule has 0 fully saturated rings. The van der Waals surface area contributed by atoms with Crippen LogP contribution in [0.5, 0.6) is 0 Å². The first-order valence-electron chi connectivity index (χ1n) is 7.49. The van der Waals surface area contributed by atoms with Crippen molar-refractivity contribution >= 4 is 35.1 Å². The van der Waals surface area contributed by atoms with Crippen molar-refractivity contribution in [1.29, 1.82) is 0 Å². The molecule has 2 aromatic rings. The van der Waals surface area contributed by atoms with Crippen LogP contribution in [-0.2, 0) is 4.74 Å². The van der Waals surface area contributed by atoms with Crippen molar-refractivity contribution < 1.29 is 9.53 Å². The van der Waals surface area contributed by atoms with Crippen LogP contribution < -0.4 is 11.3 Å². The summed E-state index contributed by atoms with van der Waals surface area (Å²) in [5.74, 6) is 2.26. The van der Waals surface area contributed by atoms with E-state index in [2.05, 4.69) is 5.92 Å². The monoisotopic (exact) mass is 381 g/mol. The molecule has 0 aliphatic carbocycles. The molecule has 0 radical (unpaired) electrons. The Hall–Kier alpha value is -2.36. The van der Waals surface area contributed by atoms with Crippen molar-refractivity contribution in [1.82, 2.24) is 9.36 Å². The van der Waals surface area contributed by atoms with Gasteiger partial charge in [0.25, 0.3) is 5.56 Å². The van der Waals surface area contributed by atoms with E-state index in [1.807, 2.05) is 0 Å². The van der Waals surface area contributed by atoms with Crippen molar-refractivity contribution in [2.45, 2.75) is 26.3 Å². The van der Waals surface area contributed by atoms with Gasteiger partial charge in [-0.2, -0.15) is 4.68 Å². The van der Waals surface area contributed by atoms with Crippen LogP contribution in [0.2, 0.25) is 10.0 Å². The fourth-order valence-electron chi connectivity index (χ4n) is 2.42. The molecule has 0 aliphatic heterocycles. The maximum Gasteiger partial charge on any atom is 0.435 e. The number of nitrogens with zero attached hydrogens (tertiary/aromatic N) is 2. The molecule has 1 aromatic heterocycles. The van der Waals surface area contributed by atoms with Gasteiger partial charge in [0, 0.05) is 18.0 Å². The molecule has 0 unspecified atom stereocenters. The number of anilines is 1. The highest BCUT2D eigenvalue weighted by Crippen LogP contribution is 2.36. The molecule has 8 heteroatoms. The van der Waals surface area contributed by atoms with E-state index in [0.717, 1.165) is 4.68 Å². The third kappa shape index (κ3) is 3.53. The maximum absolute atomic E-state index is 12.9. The first-order valence-corrected chi connectivity index (χ1v) is 8.24. The summed E-state index contributed by atoms with van der Waals surface area (Å²) in [7, 11) is 0. The van der Waals surface area contributed by atoms with Gasteiger partial charge in [-0.05, 0) is 26.0 Å². The summed E-state index contributed by atoms with van der Waals surface area (Å²) < 4.78 is 7.26. The Kier molecular flexibility index (Phi) is 5.83. The second-order valence-electron chi connectivity index (χ2n) is 5.48. The lowest BCUT2D eigenvalue weighted by molar-refractivity contribution is 0.141. The van der Waals surface area contributed by atoms with Gasteiger partial charge in [0.1, 0.15) is 12.4 Å². The van der Waals surface area contributed by atoms with Crippen LogP contribution in [0.4, 0.5) is 10.6 Å². The average molecular weight is 382 g/mol. The third-order valence-electron chi connectivity index (χ3n) is 3.47. The Labute approximate surface area is 155 Å². The molecule has 0 amide bonds. The van der Waals surface area contributed by atoms with E-state index in [1.54, 1.807) is 32.0 Å². The number of ether oxygens (including phenoxy) is 1. The number of hydrogen-bond donors (Lipinski definition) is 1. The number of nitrogens with two attached hydrogens (primary N) is 1. The van der Waals surface area contributed by atoms with E-state index in [9.17, 15) is 9.59 Å². The van der Waals surface area contributed by atoms with E-state index in [-0.39, 0.29) is 46.1 Å². The summed E-state index contributed by atoms with van der Waals surface area (Å²) in [6.45, 7) is 3.50. The predicted molar refractivity (Wildman–Crippen MR) is 99.1 cm³/mol. The Morgan fingerprint density at radius 3 is 2.44 bits per heavy atom. The molecule has 0 saturated carbocycles. The molecule has 2 rings (SSSR count). The summed E-state index contributed by atoms with van der Waals surface area (Å²) in [4.78, 5) is 25.3. The third-order valence-corrected chi connectivity index (χ3v) is 4.10. The van der Waals surface area contributed by atoms with Crippen molar-refractivity contribution in [2.75, 3.05) is 12.3 Å². The van der Waals surface area contributed by atoms with E-state index in [0.29, 0.717) is 0 Å². The van der Waals surface area contributed by atoms with E-state index in [1.165, 1.54) is 4.68 Å². The highest BCUT2D eigenvalue weighted by molar-refractivity contribution is 6.39. The van der Waals surface area contributed by atoms with Gasteiger partial charge in [-0.3, -0.25) is 4.79 Å². The fourth-order valence-corrected chi connectivity index (χ4v) is 3.01. The zero-order valence-corrected chi connectivity index (χ0v) is 15.3. The Bertz CT molecular complexity index is 887. The fraction of sp³-hybridized carbons (Fsp3) is 0.294. The number of rotatable bonds is 4. The van der Waals surface area contributed by atoms with Gasteiger partial charge in [-0.15, -0.1) is 12.3 Å². The SMILES string of the molecule is C#CCCOC(=O)n1c(N)c(-c2c(Cl)cccc2Cl)c(=O)n1C(C)C. The Morgan fingerprint density at radius 2 is 1.92 bits per heavy atom. The lowest BCUT2D eigenvalue weighted by Gasteiger charge is -2.14. The van der Waals surface area contributed by atoms with Crippen molar-refractivity contribution in [3.05, 3.63) is 38.6 Å². The van der Waals surface area contributed by atoms with Crippen molar-refractivity contribution in [2.24, 2.45) is 0 Å². The Morgan fingerprint density at radius 1 is 1.32 bits per heavy atom. The summed E-state index contributed by atoms with van der Waals surface area (Å²) in [6, 6.07) is 4.47. The highest BCUT2D eigenvalue weighted by atomic mass is 35.5. The quantitative estimate of drug-likeness (QED) is 0.645. The van der Waals surface area contributed by atoms with Crippen LogP contribution in [0.15, 0.2) is 23.0 Å². The molecule has 6 nitrogen and oxygen atoms in total. The van der Waals surface area contributed by atoms with Crippen molar-refractivity contribution in [3.8, 4) is 23.5 Å². The van der Waals surface area contributed by atoms with Crippen LogP contribution in [0.25, 0.3) is 11.1 Å². The molecule has 2 N–H and O–H groups in total. The summed E-state index contributed by atoms with van der Waals surface area (Å²) in [5, 5.41) is 0.509. The second-order valence-corrected chi connectivity index (χ2v) is 6.30. The first kappa shape index (κ1) is 19.0. The van der Waals surface area contributed by atoms with Crippen LogP contribution in [0, 0.1) is 12.3 Å². The molecule has 132 valence electrons. The van der Waals surface area contributed by atoms with Gasteiger partial charge in [0.2, 0.25) is 0 Å². The van der Waals surface area contributed by atoms with Gasteiger partial charge in [-0.25, -0.2) is 9.48 Å². The molecule has 0 spiro atoms. The standard InChI is InChI=1S/C17H17Cl2N3O3/c1-4-5-9-25-17(24)22-15(20)14(16(23)21(22)10(2)3)13-11(18)7-6-8-12(13)19/h1,6-8,10H,5,9,20H2,2-3H3. The number of carbonyl (C=O) groups excluding carboxylic acids is 1. The summed E-state index contributed by atoms with van der Waals surface area (Å²) in [5.41, 5.74) is 5.94. The van der Waals surface area contributed by atoms with Crippen molar-refractivity contribution in [3.63, 3.8) is 0 Å². The van der Waals surface area contributed by atoms with Gasteiger partial charge >= 0.3 is 6.09 Å². The number of aromatic nitrogens is 2. The molecular formula is C17H17Cl2N3O3. The van der Waals surface area contributed by atoms with Gasteiger partial charge in [-0.1, -0.05) is 29.3 Å². The number of carbonyl (C=O) groups is 1. The lowest BCUT2D eigenvalue weighted by Crippen LogP contribution is -2.30. The Balaban J connectivity index is 2.69. The van der Waals surface area contributed by atoms with Crippen LogP contribution >= 0.6 is 23.2 Å². The predicted octanol–water partition coefficient (Wildman–Crippen LogP) is 3.79. The lowest BCUT2D eigenvalue weighted by atomic mass is 10.1. The molecule has 0 aliphatic rings. The van der Waals surface area contributed by atoms with Crippen LogP contribution in [0.1, 0.15) is 26.3 Å². The van der Waals surface area contributed by atoms with Gasteiger partial charge in [0.15, 0.2) is 0 Å². The molecule has 0 saturated heterocycles. The largest absolute Gasteiger partial charge is 0.447 e. The number of terminal acetylenes is 1. The van der Waals surface area contributed by atoms with E-state index in [4.69, 9.17) is 40.1 Å². The van der Waals surface area contributed by atoms with Gasteiger partial charge < -0.3 is 10.5 Å². The molecule has 0 atom stereocenters. The summed E-state index contributed by atoms with van der Waals surface area (Å²) >= 11 is 12.4. The molecule has 0 bridgehead atoms. The second kappa shape index (κ2) is 7.68. The maximum atomic E-state index is 12.9. The number of nitrogen functional groups attached to an aromatic ring is 1. The highest BCUT2D eigenvalue weighted by Gasteiger charge is 2.28. The number of halogens is 2. The van der Waals surface area contributed by atoms with Crippen LogP contribution in [-0.4, -0.2) is 22.1 Å². The number of benzene rings is 1. The van der Waals surface area contributed by atoms with E-state index >= 15 is 0 Å². The zero-order chi connectivity index (χ0) is 18.7. The normalized spacial score (nSPS) is 10.7. The average Bonchev–Trinajstić information content (AvgIpc) is 2.79. The van der Waals surface area contributed by atoms with Gasteiger partial charge in [0.05, 0.1) is 15.6 Å². The molecule has 25 heavy (non-hydrogen) atoms. The summed E-state index contributed by atoms with van der Waals surface area (Å²) in [6.07, 6.45) is 4.60. The number of hydrogen-bond acceptors (Lipinski definition) is 4.